The van der Waals surface area contributed by atoms with Crippen LogP contribution >= 0.6 is 19.0 Å². The van der Waals surface area contributed by atoms with E-state index in [0.29, 0.717) is 5.92 Å². The molecule has 0 N–H and O–H groups in total. The number of halogens is 1. The molecule has 1 aliphatic heterocycles. The van der Waals surface area contributed by atoms with Gasteiger partial charge in [0.2, 0.25) is 0 Å². The van der Waals surface area contributed by atoms with E-state index in [0.717, 1.165) is 43.2 Å². The van der Waals surface area contributed by atoms with Gasteiger partial charge in [-0.05, 0) is 131 Å². The minimum atomic E-state index is -1.83. The van der Waals surface area contributed by atoms with Gasteiger partial charge in [0, 0.05) is 27.2 Å². The van der Waals surface area contributed by atoms with Gasteiger partial charge in [0.15, 0.2) is 0 Å². The van der Waals surface area contributed by atoms with Crippen molar-refractivity contribution in [1.29, 1.82) is 0 Å². The van der Waals surface area contributed by atoms with Crippen LogP contribution in [-0.4, -0.2) is 13.3 Å². The monoisotopic (exact) mass is 826 g/mol. The zero-order valence-corrected chi connectivity index (χ0v) is 35.1. The van der Waals surface area contributed by atoms with E-state index in [2.05, 4.69) is 183 Å². The number of unbranched alkanes of at least 4 members (excludes halogenated alkanes) is 2. The Bertz CT molecular complexity index is 2510. The fourth-order valence-corrected chi connectivity index (χ4v) is 14.4. The van der Waals surface area contributed by atoms with Crippen molar-refractivity contribution in [3.05, 3.63) is 192 Å². The Labute approximate surface area is 347 Å². The molecule has 2 aliphatic rings. The number of allylic oxidation sites excluding steroid dienone is 1. The van der Waals surface area contributed by atoms with Gasteiger partial charge in [-0.2, -0.15) is 0 Å². The molecule has 1 heterocycles. The van der Waals surface area contributed by atoms with Gasteiger partial charge in [-0.3, -0.25) is 0 Å². The Hall–Kier alpha value is -4.84. The first-order valence-electron chi connectivity index (χ1n) is 19.4. The number of rotatable bonds is 8. The van der Waals surface area contributed by atoms with Crippen LogP contribution in [0.1, 0.15) is 54.0 Å². The molecule has 56 heavy (non-hydrogen) atoms. The van der Waals surface area contributed by atoms with E-state index in [-0.39, 0.29) is 17.0 Å². The van der Waals surface area contributed by atoms with Gasteiger partial charge in [0.25, 0.3) is 0 Å². The fourth-order valence-electron chi connectivity index (χ4n) is 8.91. The lowest BCUT2D eigenvalue weighted by Gasteiger charge is -2.27. The molecule has 0 saturated heterocycles. The van der Waals surface area contributed by atoms with Crippen LogP contribution in [0.4, 0.5) is 0 Å². The topological polar surface area (TPSA) is 9.23 Å². The first kappa shape index (κ1) is 38.1. The largest absolute Gasteiger partial charge is 1.00 e. The lowest BCUT2D eigenvalue weighted by Crippen LogP contribution is -3.00. The van der Waals surface area contributed by atoms with Crippen LogP contribution in [0.15, 0.2) is 174 Å². The second kappa shape index (κ2) is 16.7. The summed E-state index contributed by atoms with van der Waals surface area (Å²) in [5, 5.41) is 6.79. The van der Waals surface area contributed by atoms with Crippen molar-refractivity contribution in [1.82, 2.24) is 0 Å². The zero-order valence-electron chi connectivity index (χ0n) is 31.8. The van der Waals surface area contributed by atoms with Crippen molar-refractivity contribution in [3.8, 4) is 17.6 Å². The smallest absolute Gasteiger partial charge is 0.126 e. The van der Waals surface area contributed by atoms with Crippen molar-refractivity contribution >= 4 is 56.9 Å². The molecular weight excluding hydrogens is 784 g/mol. The maximum Gasteiger partial charge on any atom is 0.126 e. The molecule has 4 heteroatoms. The maximum atomic E-state index is 5.90. The first-order chi connectivity index (χ1) is 27.2. The lowest BCUT2D eigenvalue weighted by molar-refractivity contribution is -0.0000108. The number of methoxy groups -OCH3 is 1. The quantitative estimate of drug-likeness (QED) is 0.0860. The Morgan fingerprint density at radius 3 is 1.89 bits per heavy atom. The van der Waals surface area contributed by atoms with Crippen LogP contribution in [0.25, 0.3) is 21.9 Å². The van der Waals surface area contributed by atoms with Crippen LogP contribution in [0.5, 0.6) is 5.75 Å². The third kappa shape index (κ3) is 6.94. The number of ether oxygens (including phenoxy) is 1. The molecule has 0 spiro atoms. The minimum Gasteiger partial charge on any atom is -1.00 e. The predicted octanol–water partition coefficient (Wildman–Crippen LogP) is 8.98. The van der Waals surface area contributed by atoms with Crippen LogP contribution in [0, 0.1) is 17.8 Å². The highest BCUT2D eigenvalue weighted by Crippen LogP contribution is 2.56. The number of fused-ring (bicyclic) bond motifs is 5. The summed E-state index contributed by atoms with van der Waals surface area (Å²) >= 11 is 1.88. The van der Waals surface area contributed by atoms with Crippen molar-refractivity contribution in [3.63, 3.8) is 0 Å². The maximum absolute atomic E-state index is 5.90. The summed E-state index contributed by atoms with van der Waals surface area (Å²) in [6.07, 6.45) is 5.18. The summed E-state index contributed by atoms with van der Waals surface area (Å²) in [6.45, 7) is 2.39. The average molecular weight is 828 g/mol. The molecule has 0 aromatic heterocycles. The molecule has 7 aromatic carbocycles. The standard InChI is InChI=1S/C52H44OPS.BrH/c1-37-34-39-36-47(53-2)43-27-15-16-28-44(43)51(39)50(37)52-45-29-17-18-30-48(45)55-49-32-31-38(35-46(49)52)20-8-3-4-19-33-54(40-21-9-5-10-22-40,41-23-11-6-12-24-41)42-25-13-7-14-26-42;/h5-7,9-18,21-32,35-37H,3-4,19,33-34H2,1-2H3;1H/q+1;/p-1. The number of hydrogen-bond acceptors (Lipinski definition) is 2. The average Bonchev–Trinajstić information content (AvgIpc) is 3.58. The highest BCUT2D eigenvalue weighted by atomic mass is 79.9. The molecule has 0 saturated carbocycles. The summed E-state index contributed by atoms with van der Waals surface area (Å²) in [5.74, 6) is 8.54. The normalized spacial score (nSPS) is 15.5. The fraction of sp³-hybridized carbons (Fsp3) is 0.154. The van der Waals surface area contributed by atoms with E-state index in [1.807, 2.05) is 11.8 Å². The molecule has 9 rings (SSSR count). The van der Waals surface area contributed by atoms with Gasteiger partial charge in [0.05, 0.1) is 13.3 Å². The summed E-state index contributed by atoms with van der Waals surface area (Å²) in [5.41, 5.74) is 9.25. The van der Waals surface area contributed by atoms with Gasteiger partial charge in [0.1, 0.15) is 28.9 Å². The van der Waals surface area contributed by atoms with Crippen LogP contribution in [0.3, 0.4) is 0 Å². The van der Waals surface area contributed by atoms with Crippen molar-refractivity contribution in [2.45, 2.75) is 42.4 Å². The second-order valence-corrected chi connectivity index (χ2v) is 19.4. The molecular formula is C52H44BrOPS. The van der Waals surface area contributed by atoms with Gasteiger partial charge in [-0.15, -0.1) is 0 Å². The lowest BCUT2D eigenvalue weighted by atomic mass is 9.84. The highest BCUT2D eigenvalue weighted by Gasteiger charge is 2.44. The van der Waals surface area contributed by atoms with E-state index in [1.54, 1.807) is 7.11 Å². The van der Waals surface area contributed by atoms with E-state index in [1.165, 1.54) is 69.9 Å². The third-order valence-electron chi connectivity index (χ3n) is 11.4. The minimum absolute atomic E-state index is 0. The second-order valence-electron chi connectivity index (χ2n) is 14.7. The molecule has 1 unspecified atom stereocenters. The molecule has 0 fully saturated rings. The number of hydrogen-bond donors (Lipinski definition) is 0. The first-order valence-corrected chi connectivity index (χ1v) is 22.2. The Kier molecular flexibility index (Phi) is 11.4. The van der Waals surface area contributed by atoms with E-state index >= 15 is 0 Å². The summed E-state index contributed by atoms with van der Waals surface area (Å²) in [7, 11) is -0.0430. The van der Waals surface area contributed by atoms with Crippen LogP contribution < -0.4 is 37.6 Å². The predicted molar refractivity (Wildman–Crippen MR) is 237 cm³/mol. The van der Waals surface area contributed by atoms with Gasteiger partial charge in [-0.25, -0.2) is 0 Å². The molecule has 1 aliphatic carbocycles. The SMILES string of the molecule is COc1cc2c(c3ccccc13)C(=C1c3ccccc3Sc3ccc(C#CCCCC[P+](c4ccccc4)(c4ccccc4)c4ccccc4)cc31)C(C)C2.[Br-]. The van der Waals surface area contributed by atoms with Crippen molar-refractivity contribution in [2.24, 2.45) is 5.92 Å². The molecule has 1 nitrogen and oxygen atoms in total. The summed E-state index contributed by atoms with van der Waals surface area (Å²) in [4.78, 5) is 2.61. The van der Waals surface area contributed by atoms with Gasteiger partial charge in [-0.1, -0.05) is 128 Å². The van der Waals surface area contributed by atoms with Gasteiger partial charge < -0.3 is 21.7 Å². The Morgan fingerprint density at radius 2 is 1.23 bits per heavy atom. The number of benzene rings is 7. The molecule has 276 valence electrons. The van der Waals surface area contributed by atoms with E-state index < -0.39 is 7.26 Å². The summed E-state index contributed by atoms with van der Waals surface area (Å²) in [6, 6.07) is 60.5. The molecule has 0 bridgehead atoms. The Balaban J connectivity index is 0.00000441. The van der Waals surface area contributed by atoms with E-state index in [9.17, 15) is 0 Å². The van der Waals surface area contributed by atoms with Crippen LogP contribution in [-0.2, 0) is 6.42 Å². The molecule has 1 atom stereocenters. The zero-order chi connectivity index (χ0) is 37.2. The van der Waals surface area contributed by atoms with Gasteiger partial charge >= 0.3 is 0 Å². The van der Waals surface area contributed by atoms with Crippen molar-refractivity contribution in [2.75, 3.05) is 13.3 Å². The third-order valence-corrected chi connectivity index (χ3v) is 17.0. The molecule has 7 aromatic rings. The molecule has 0 amide bonds. The Morgan fingerprint density at radius 1 is 0.643 bits per heavy atom. The van der Waals surface area contributed by atoms with Crippen molar-refractivity contribution < 1.29 is 21.7 Å². The molecule has 0 radical (unpaired) electrons. The van der Waals surface area contributed by atoms with E-state index in [4.69, 9.17) is 4.74 Å². The van der Waals surface area contributed by atoms with Crippen LogP contribution in [0.2, 0.25) is 0 Å². The highest BCUT2D eigenvalue weighted by molar-refractivity contribution is 7.99. The summed E-state index contributed by atoms with van der Waals surface area (Å²) < 4.78 is 5.90.